The summed E-state index contributed by atoms with van der Waals surface area (Å²) in [6.07, 6.45) is 0. The van der Waals surface area contributed by atoms with E-state index in [1.807, 2.05) is 0 Å². The molecule has 0 amide bonds. The lowest BCUT2D eigenvalue weighted by atomic mass is 10.2. The number of hydrogen-bond donors (Lipinski definition) is 2. The molecule has 0 fully saturated rings. The number of hydrogen-bond acceptors (Lipinski definition) is 2. The van der Waals surface area contributed by atoms with Crippen LogP contribution in [0.2, 0.25) is 10.0 Å². The Bertz CT molecular complexity index is 393. The average molecular weight is 230 g/mol. The van der Waals surface area contributed by atoms with Crippen LogP contribution >= 0.6 is 23.2 Å². The van der Waals surface area contributed by atoms with E-state index in [4.69, 9.17) is 23.2 Å². The van der Waals surface area contributed by atoms with Crippen LogP contribution in [0.25, 0.3) is 0 Å². The maximum atomic E-state index is 9.22. The van der Waals surface area contributed by atoms with Crippen molar-refractivity contribution in [3.8, 4) is 17.6 Å². The molecule has 0 saturated heterocycles. The van der Waals surface area contributed by atoms with Crippen molar-refractivity contribution >= 4 is 23.2 Å². The molecule has 74 valence electrons. The van der Waals surface area contributed by atoms with Crippen LogP contribution in [0.4, 0.5) is 0 Å². The largest absolute Gasteiger partial charge is 0.506 e. The van der Waals surface area contributed by atoms with E-state index in [2.05, 4.69) is 17.2 Å². The number of aromatic hydroxyl groups is 1. The van der Waals surface area contributed by atoms with Crippen molar-refractivity contribution < 1.29 is 5.11 Å². The van der Waals surface area contributed by atoms with E-state index in [-0.39, 0.29) is 10.8 Å². The average Bonchev–Trinajstić information content (AvgIpc) is 2.14. The van der Waals surface area contributed by atoms with E-state index >= 15 is 0 Å². The predicted molar refractivity (Wildman–Crippen MR) is 58.9 cm³/mol. The van der Waals surface area contributed by atoms with Crippen molar-refractivity contribution in [1.29, 1.82) is 0 Å². The summed E-state index contributed by atoms with van der Waals surface area (Å²) in [7, 11) is 1.81. The molecule has 0 aliphatic heterocycles. The van der Waals surface area contributed by atoms with E-state index in [1.165, 1.54) is 6.07 Å². The molecule has 0 saturated carbocycles. The van der Waals surface area contributed by atoms with Crippen LogP contribution in [0.1, 0.15) is 5.56 Å². The Balaban J connectivity index is 3.00. The molecule has 2 nitrogen and oxygen atoms in total. The van der Waals surface area contributed by atoms with Gasteiger partial charge in [-0.3, -0.25) is 0 Å². The number of phenolic OH excluding ortho intramolecular Hbond substituents is 1. The second kappa shape index (κ2) is 5.11. The molecule has 2 N–H and O–H groups in total. The molecular formula is C10H9Cl2NO. The van der Waals surface area contributed by atoms with Gasteiger partial charge < -0.3 is 10.4 Å². The van der Waals surface area contributed by atoms with Crippen LogP contribution in [0.3, 0.4) is 0 Å². The first-order valence-electron chi connectivity index (χ1n) is 3.96. The lowest BCUT2D eigenvalue weighted by Gasteiger charge is -1.99. The summed E-state index contributed by atoms with van der Waals surface area (Å²) >= 11 is 11.5. The van der Waals surface area contributed by atoms with Gasteiger partial charge in [0.15, 0.2) is 0 Å². The highest BCUT2D eigenvalue weighted by atomic mass is 35.5. The third kappa shape index (κ3) is 2.81. The molecule has 0 radical (unpaired) electrons. The van der Waals surface area contributed by atoms with Gasteiger partial charge in [-0.05, 0) is 13.1 Å². The standard InChI is InChI=1S/C10H9Cl2NO/c1-13-4-2-3-7-5-9(12)10(14)6-8(7)11/h5-6,13-14H,4H2,1H3. The van der Waals surface area contributed by atoms with Gasteiger partial charge in [-0.2, -0.15) is 0 Å². The second-order valence-electron chi connectivity index (χ2n) is 2.62. The molecule has 0 unspecified atom stereocenters. The monoisotopic (exact) mass is 229 g/mol. The molecule has 0 aromatic heterocycles. The Kier molecular flexibility index (Phi) is 4.09. The normalized spacial score (nSPS) is 9.36. The van der Waals surface area contributed by atoms with E-state index in [0.717, 1.165) is 0 Å². The minimum Gasteiger partial charge on any atom is -0.506 e. The summed E-state index contributed by atoms with van der Waals surface area (Å²) in [5.41, 5.74) is 0.615. The summed E-state index contributed by atoms with van der Waals surface area (Å²) in [6.45, 7) is 0.578. The van der Waals surface area contributed by atoms with E-state index in [1.54, 1.807) is 13.1 Å². The van der Waals surface area contributed by atoms with Gasteiger partial charge >= 0.3 is 0 Å². The summed E-state index contributed by atoms with van der Waals surface area (Å²) < 4.78 is 0. The first-order chi connectivity index (χ1) is 6.65. The van der Waals surface area contributed by atoms with Crippen molar-refractivity contribution in [2.75, 3.05) is 13.6 Å². The Hall–Kier alpha value is -0.880. The summed E-state index contributed by atoms with van der Waals surface area (Å²) in [4.78, 5) is 0. The number of phenols is 1. The van der Waals surface area contributed by atoms with Crippen LogP contribution in [0.5, 0.6) is 5.75 Å². The highest BCUT2D eigenvalue weighted by Gasteiger charge is 2.03. The molecule has 0 spiro atoms. The maximum absolute atomic E-state index is 9.22. The molecule has 1 aromatic rings. The summed E-state index contributed by atoms with van der Waals surface area (Å²) in [6, 6.07) is 2.93. The molecule has 4 heteroatoms. The maximum Gasteiger partial charge on any atom is 0.135 e. The van der Waals surface area contributed by atoms with Crippen LogP contribution in [0.15, 0.2) is 12.1 Å². The van der Waals surface area contributed by atoms with Gasteiger partial charge in [-0.25, -0.2) is 0 Å². The molecule has 1 aromatic carbocycles. The summed E-state index contributed by atoms with van der Waals surface area (Å²) in [5.74, 6) is 5.66. The van der Waals surface area contributed by atoms with Crippen molar-refractivity contribution in [3.05, 3.63) is 27.7 Å². The smallest absolute Gasteiger partial charge is 0.135 e. The first-order valence-corrected chi connectivity index (χ1v) is 4.72. The fourth-order valence-corrected chi connectivity index (χ4v) is 1.23. The minimum atomic E-state index is -0.0316. The lowest BCUT2D eigenvalue weighted by molar-refractivity contribution is 0.475. The van der Waals surface area contributed by atoms with Crippen molar-refractivity contribution in [1.82, 2.24) is 5.32 Å². The van der Waals surface area contributed by atoms with Gasteiger partial charge in [0.1, 0.15) is 5.75 Å². The SMILES string of the molecule is CNCC#Cc1cc(Cl)c(O)cc1Cl. The third-order valence-corrected chi connectivity index (χ3v) is 2.14. The molecule has 0 aliphatic rings. The van der Waals surface area contributed by atoms with E-state index in [0.29, 0.717) is 17.1 Å². The molecule has 0 heterocycles. The molecular weight excluding hydrogens is 221 g/mol. The Morgan fingerprint density at radius 1 is 1.36 bits per heavy atom. The van der Waals surface area contributed by atoms with Gasteiger partial charge in [0, 0.05) is 11.6 Å². The van der Waals surface area contributed by atoms with Gasteiger partial charge in [0.25, 0.3) is 0 Å². The molecule has 0 aliphatic carbocycles. The van der Waals surface area contributed by atoms with Gasteiger partial charge in [0.2, 0.25) is 0 Å². The Morgan fingerprint density at radius 3 is 2.71 bits per heavy atom. The van der Waals surface area contributed by atoms with Crippen LogP contribution in [0, 0.1) is 11.8 Å². The zero-order chi connectivity index (χ0) is 10.6. The molecule has 14 heavy (non-hydrogen) atoms. The van der Waals surface area contributed by atoms with Crippen LogP contribution in [-0.2, 0) is 0 Å². The number of nitrogens with one attached hydrogen (secondary N) is 1. The highest BCUT2D eigenvalue weighted by Crippen LogP contribution is 2.29. The molecule has 0 bridgehead atoms. The van der Waals surface area contributed by atoms with Crippen molar-refractivity contribution in [2.45, 2.75) is 0 Å². The third-order valence-electron chi connectivity index (χ3n) is 1.52. The first kappa shape index (κ1) is 11.2. The number of halogens is 2. The Morgan fingerprint density at radius 2 is 2.07 bits per heavy atom. The zero-order valence-electron chi connectivity index (χ0n) is 7.56. The highest BCUT2D eigenvalue weighted by molar-refractivity contribution is 6.35. The topological polar surface area (TPSA) is 32.3 Å². The molecule has 1 rings (SSSR count). The number of benzene rings is 1. The van der Waals surface area contributed by atoms with Gasteiger partial charge in [0.05, 0.1) is 16.6 Å². The quantitative estimate of drug-likeness (QED) is 0.725. The van der Waals surface area contributed by atoms with E-state index < -0.39 is 0 Å². The van der Waals surface area contributed by atoms with Crippen molar-refractivity contribution in [3.63, 3.8) is 0 Å². The zero-order valence-corrected chi connectivity index (χ0v) is 9.08. The summed E-state index contributed by atoms with van der Waals surface area (Å²) in [5, 5.41) is 12.8. The lowest BCUT2D eigenvalue weighted by Crippen LogP contribution is -2.04. The second-order valence-corrected chi connectivity index (χ2v) is 3.43. The van der Waals surface area contributed by atoms with E-state index in [9.17, 15) is 5.11 Å². The molecule has 0 atom stereocenters. The van der Waals surface area contributed by atoms with Crippen LogP contribution in [-0.4, -0.2) is 18.7 Å². The van der Waals surface area contributed by atoms with Crippen molar-refractivity contribution in [2.24, 2.45) is 0 Å². The number of rotatable bonds is 1. The van der Waals surface area contributed by atoms with Crippen LogP contribution < -0.4 is 5.32 Å². The minimum absolute atomic E-state index is 0.0316. The fourth-order valence-electron chi connectivity index (χ4n) is 0.860. The predicted octanol–water partition coefficient (Wildman–Crippen LogP) is 2.27. The fraction of sp³-hybridized carbons (Fsp3) is 0.200. The Labute approximate surface area is 92.8 Å². The van der Waals surface area contributed by atoms with Gasteiger partial charge in [-0.15, -0.1) is 0 Å². The van der Waals surface area contributed by atoms with Gasteiger partial charge in [-0.1, -0.05) is 35.0 Å².